The SMILES string of the molecule is CCN(Cc1ccc(C)c(Br)c1)CC1CCNCC1. The van der Waals surface area contributed by atoms with Crippen LogP contribution in [0.1, 0.15) is 30.9 Å². The van der Waals surface area contributed by atoms with Crippen LogP contribution in [-0.4, -0.2) is 31.1 Å². The van der Waals surface area contributed by atoms with E-state index in [1.165, 1.54) is 48.1 Å². The highest BCUT2D eigenvalue weighted by atomic mass is 79.9. The fourth-order valence-electron chi connectivity index (χ4n) is 2.73. The topological polar surface area (TPSA) is 15.3 Å². The fourth-order valence-corrected chi connectivity index (χ4v) is 3.15. The summed E-state index contributed by atoms with van der Waals surface area (Å²) in [7, 11) is 0. The lowest BCUT2D eigenvalue weighted by Crippen LogP contribution is -2.35. The van der Waals surface area contributed by atoms with Gasteiger partial charge in [0.05, 0.1) is 0 Å². The number of hydrogen-bond donors (Lipinski definition) is 1. The summed E-state index contributed by atoms with van der Waals surface area (Å²) in [5, 5.41) is 3.44. The lowest BCUT2D eigenvalue weighted by atomic mass is 9.97. The van der Waals surface area contributed by atoms with Gasteiger partial charge in [-0.05, 0) is 62.5 Å². The van der Waals surface area contributed by atoms with E-state index in [1.807, 2.05) is 0 Å². The Morgan fingerprint density at radius 1 is 1.32 bits per heavy atom. The molecule has 0 saturated carbocycles. The van der Waals surface area contributed by atoms with Crippen molar-refractivity contribution in [3.8, 4) is 0 Å². The zero-order valence-electron chi connectivity index (χ0n) is 12.1. The molecule has 1 heterocycles. The second-order valence-electron chi connectivity index (χ2n) is 5.60. The molecule has 2 nitrogen and oxygen atoms in total. The van der Waals surface area contributed by atoms with Crippen molar-refractivity contribution >= 4 is 15.9 Å². The number of piperidine rings is 1. The molecule has 0 aliphatic carbocycles. The molecule has 1 aromatic rings. The number of nitrogens with zero attached hydrogens (tertiary/aromatic N) is 1. The highest BCUT2D eigenvalue weighted by Gasteiger charge is 2.16. The van der Waals surface area contributed by atoms with E-state index >= 15 is 0 Å². The van der Waals surface area contributed by atoms with Crippen LogP contribution in [0.5, 0.6) is 0 Å². The normalized spacial score (nSPS) is 17.1. The summed E-state index contributed by atoms with van der Waals surface area (Å²) in [6.07, 6.45) is 2.65. The molecule has 19 heavy (non-hydrogen) atoms. The van der Waals surface area contributed by atoms with E-state index in [4.69, 9.17) is 0 Å². The van der Waals surface area contributed by atoms with E-state index in [0.29, 0.717) is 0 Å². The molecule has 0 aromatic heterocycles. The Balaban J connectivity index is 1.92. The largest absolute Gasteiger partial charge is 0.317 e. The maximum absolute atomic E-state index is 3.63. The quantitative estimate of drug-likeness (QED) is 0.890. The van der Waals surface area contributed by atoms with Gasteiger partial charge in [0.1, 0.15) is 0 Å². The first-order chi connectivity index (χ1) is 9.19. The van der Waals surface area contributed by atoms with Crippen molar-refractivity contribution in [2.24, 2.45) is 5.92 Å². The Morgan fingerprint density at radius 2 is 2.05 bits per heavy atom. The summed E-state index contributed by atoms with van der Waals surface area (Å²) < 4.78 is 1.22. The Hall–Kier alpha value is -0.380. The third kappa shape index (κ3) is 4.59. The molecule has 1 saturated heterocycles. The first-order valence-electron chi connectivity index (χ1n) is 7.37. The standard InChI is InChI=1S/C16H25BrN2/c1-3-19(11-14-6-8-18-9-7-14)12-15-5-4-13(2)16(17)10-15/h4-5,10,14,18H,3,6-9,11-12H2,1-2H3. The van der Waals surface area contributed by atoms with E-state index in [9.17, 15) is 0 Å². The second kappa shape index (κ2) is 7.41. The Kier molecular flexibility index (Phi) is 5.86. The Labute approximate surface area is 125 Å². The van der Waals surface area contributed by atoms with E-state index in [0.717, 1.165) is 19.0 Å². The number of nitrogens with one attached hydrogen (secondary N) is 1. The molecule has 0 spiro atoms. The first kappa shape index (κ1) is 15.0. The molecule has 0 unspecified atom stereocenters. The van der Waals surface area contributed by atoms with E-state index in [1.54, 1.807) is 0 Å². The van der Waals surface area contributed by atoms with Crippen molar-refractivity contribution in [3.05, 3.63) is 33.8 Å². The number of aryl methyl sites for hydroxylation is 1. The van der Waals surface area contributed by atoms with Crippen LogP contribution >= 0.6 is 15.9 Å². The maximum atomic E-state index is 3.63. The number of halogens is 1. The summed E-state index contributed by atoms with van der Waals surface area (Å²) in [4.78, 5) is 2.58. The van der Waals surface area contributed by atoms with Gasteiger partial charge in [0, 0.05) is 17.6 Å². The zero-order chi connectivity index (χ0) is 13.7. The molecule has 106 valence electrons. The highest BCUT2D eigenvalue weighted by Crippen LogP contribution is 2.20. The summed E-state index contributed by atoms with van der Waals surface area (Å²) in [6, 6.07) is 6.73. The van der Waals surface area contributed by atoms with Gasteiger partial charge in [-0.2, -0.15) is 0 Å². The molecular weight excluding hydrogens is 300 g/mol. The van der Waals surface area contributed by atoms with Crippen molar-refractivity contribution in [1.29, 1.82) is 0 Å². The Bertz CT molecular complexity index is 400. The van der Waals surface area contributed by atoms with E-state index in [2.05, 4.69) is 58.2 Å². The summed E-state index contributed by atoms with van der Waals surface area (Å²) >= 11 is 3.63. The lowest BCUT2D eigenvalue weighted by molar-refractivity contribution is 0.207. The van der Waals surface area contributed by atoms with Crippen molar-refractivity contribution in [2.75, 3.05) is 26.2 Å². The van der Waals surface area contributed by atoms with E-state index < -0.39 is 0 Å². The van der Waals surface area contributed by atoms with Crippen LogP contribution in [0, 0.1) is 12.8 Å². The monoisotopic (exact) mass is 324 g/mol. The summed E-state index contributed by atoms with van der Waals surface area (Å²) in [5.41, 5.74) is 2.72. The average Bonchev–Trinajstić information content (AvgIpc) is 2.43. The first-order valence-corrected chi connectivity index (χ1v) is 8.16. The van der Waals surface area contributed by atoms with Gasteiger partial charge in [0.15, 0.2) is 0 Å². The fraction of sp³-hybridized carbons (Fsp3) is 0.625. The number of hydrogen-bond acceptors (Lipinski definition) is 2. The molecule has 3 heteroatoms. The average molecular weight is 325 g/mol. The predicted octanol–water partition coefficient (Wildman–Crippen LogP) is 3.58. The van der Waals surface area contributed by atoms with Gasteiger partial charge in [0.25, 0.3) is 0 Å². The smallest absolute Gasteiger partial charge is 0.0234 e. The van der Waals surface area contributed by atoms with Crippen LogP contribution in [0.25, 0.3) is 0 Å². The molecule has 1 fully saturated rings. The molecule has 1 aliphatic heterocycles. The van der Waals surface area contributed by atoms with Crippen LogP contribution in [0.15, 0.2) is 22.7 Å². The van der Waals surface area contributed by atoms with Crippen molar-refractivity contribution in [2.45, 2.75) is 33.2 Å². The van der Waals surface area contributed by atoms with Crippen LogP contribution in [0.4, 0.5) is 0 Å². The molecule has 0 atom stereocenters. The molecule has 0 bridgehead atoms. The minimum absolute atomic E-state index is 0.870. The molecule has 2 rings (SSSR count). The number of benzene rings is 1. The van der Waals surface area contributed by atoms with E-state index in [-0.39, 0.29) is 0 Å². The molecule has 1 aromatic carbocycles. The number of rotatable bonds is 5. The van der Waals surface area contributed by atoms with Crippen LogP contribution in [-0.2, 0) is 6.54 Å². The van der Waals surface area contributed by atoms with Gasteiger partial charge >= 0.3 is 0 Å². The van der Waals surface area contributed by atoms with Gasteiger partial charge in [-0.25, -0.2) is 0 Å². The van der Waals surface area contributed by atoms with Gasteiger partial charge in [-0.15, -0.1) is 0 Å². The van der Waals surface area contributed by atoms with Crippen LogP contribution in [0.3, 0.4) is 0 Å². The lowest BCUT2D eigenvalue weighted by Gasteiger charge is -2.29. The van der Waals surface area contributed by atoms with Crippen molar-refractivity contribution in [3.63, 3.8) is 0 Å². The summed E-state index contributed by atoms with van der Waals surface area (Å²) in [6.45, 7) is 10.2. The zero-order valence-corrected chi connectivity index (χ0v) is 13.7. The summed E-state index contributed by atoms with van der Waals surface area (Å²) in [5.74, 6) is 0.870. The minimum atomic E-state index is 0.870. The minimum Gasteiger partial charge on any atom is -0.317 e. The van der Waals surface area contributed by atoms with Crippen LogP contribution < -0.4 is 5.32 Å². The van der Waals surface area contributed by atoms with Gasteiger partial charge < -0.3 is 5.32 Å². The van der Waals surface area contributed by atoms with Gasteiger partial charge in [-0.3, -0.25) is 4.90 Å². The van der Waals surface area contributed by atoms with Crippen molar-refractivity contribution in [1.82, 2.24) is 10.2 Å². The molecule has 1 aliphatic rings. The second-order valence-corrected chi connectivity index (χ2v) is 6.46. The van der Waals surface area contributed by atoms with Crippen LogP contribution in [0.2, 0.25) is 0 Å². The predicted molar refractivity (Wildman–Crippen MR) is 85.4 cm³/mol. The maximum Gasteiger partial charge on any atom is 0.0234 e. The molecule has 1 N–H and O–H groups in total. The molecule has 0 radical (unpaired) electrons. The van der Waals surface area contributed by atoms with Gasteiger partial charge in [0.2, 0.25) is 0 Å². The third-order valence-electron chi connectivity index (χ3n) is 4.06. The Morgan fingerprint density at radius 3 is 2.68 bits per heavy atom. The van der Waals surface area contributed by atoms with Crippen molar-refractivity contribution < 1.29 is 0 Å². The molecular formula is C16H25BrN2. The third-order valence-corrected chi connectivity index (χ3v) is 4.92. The van der Waals surface area contributed by atoms with Gasteiger partial charge in [-0.1, -0.05) is 35.0 Å². The molecule has 0 amide bonds. The highest BCUT2D eigenvalue weighted by molar-refractivity contribution is 9.10.